The summed E-state index contributed by atoms with van der Waals surface area (Å²) in [5.74, 6) is 0.461. The second kappa shape index (κ2) is 10.5. The van der Waals surface area contributed by atoms with E-state index < -0.39 is 5.97 Å². The van der Waals surface area contributed by atoms with Gasteiger partial charge in [-0.2, -0.15) is 0 Å². The fourth-order valence-corrected chi connectivity index (χ4v) is 2.92. The summed E-state index contributed by atoms with van der Waals surface area (Å²) >= 11 is 6.14. The second-order valence-corrected chi connectivity index (χ2v) is 7.06. The van der Waals surface area contributed by atoms with Crippen LogP contribution in [0.1, 0.15) is 21.7 Å². The Kier molecular flexibility index (Phi) is 7.56. The van der Waals surface area contributed by atoms with Gasteiger partial charge >= 0.3 is 5.97 Å². The Morgan fingerprint density at radius 2 is 1.87 bits per heavy atom. The third-order valence-electron chi connectivity index (χ3n) is 4.47. The van der Waals surface area contributed by atoms with Crippen LogP contribution in [0, 0.1) is 0 Å². The number of halogens is 1. The van der Waals surface area contributed by atoms with E-state index in [0.717, 1.165) is 5.56 Å². The minimum atomic E-state index is -0.643. The van der Waals surface area contributed by atoms with Crippen LogP contribution in [0.25, 0.3) is 0 Å². The largest absolute Gasteiger partial charge is 0.493 e. The molecule has 0 spiro atoms. The lowest BCUT2D eigenvalue weighted by Gasteiger charge is -2.16. The number of esters is 1. The average Bonchev–Trinajstić information content (AvgIpc) is 3.29. The van der Waals surface area contributed by atoms with E-state index in [9.17, 15) is 9.59 Å². The molecule has 1 heterocycles. The van der Waals surface area contributed by atoms with Crippen molar-refractivity contribution in [2.45, 2.75) is 13.2 Å². The van der Waals surface area contributed by atoms with Gasteiger partial charge in [0.2, 0.25) is 0 Å². The number of furan rings is 1. The van der Waals surface area contributed by atoms with Crippen LogP contribution in [0.3, 0.4) is 0 Å². The molecule has 0 radical (unpaired) electrons. The minimum Gasteiger partial charge on any atom is -0.493 e. The summed E-state index contributed by atoms with van der Waals surface area (Å²) in [4.78, 5) is 26.0. The van der Waals surface area contributed by atoms with Crippen LogP contribution in [0.15, 0.2) is 65.3 Å². The summed E-state index contributed by atoms with van der Waals surface area (Å²) in [6.07, 6.45) is 1.53. The summed E-state index contributed by atoms with van der Waals surface area (Å²) < 4.78 is 21.4. The number of benzene rings is 2. The first-order chi connectivity index (χ1) is 15.0. The lowest BCUT2D eigenvalue weighted by molar-refractivity contribution is -0.133. The van der Waals surface area contributed by atoms with Crippen molar-refractivity contribution in [2.24, 2.45) is 0 Å². The highest BCUT2D eigenvalue weighted by atomic mass is 35.5. The van der Waals surface area contributed by atoms with Crippen molar-refractivity contribution in [1.29, 1.82) is 0 Å². The first-order valence-electron chi connectivity index (χ1n) is 9.45. The summed E-state index contributed by atoms with van der Waals surface area (Å²) in [6.45, 7) is 0.147. The lowest BCUT2D eigenvalue weighted by Crippen LogP contribution is -2.30. The smallest absolute Gasteiger partial charge is 0.338 e. The molecule has 7 nitrogen and oxygen atoms in total. The maximum Gasteiger partial charge on any atom is 0.338 e. The number of ether oxygens (including phenoxy) is 3. The van der Waals surface area contributed by atoms with E-state index in [4.69, 9.17) is 30.2 Å². The van der Waals surface area contributed by atoms with Gasteiger partial charge in [-0.3, -0.25) is 4.79 Å². The molecule has 0 aliphatic rings. The monoisotopic (exact) mass is 443 g/mol. The highest BCUT2D eigenvalue weighted by Gasteiger charge is 2.17. The molecule has 0 atom stereocenters. The number of likely N-dealkylation sites (N-methyl/N-ethyl adjacent to an activating group) is 1. The Morgan fingerprint density at radius 1 is 1.06 bits per heavy atom. The Bertz CT molecular complexity index is 1030. The van der Waals surface area contributed by atoms with Crippen LogP contribution in [-0.4, -0.2) is 37.5 Å². The quantitative estimate of drug-likeness (QED) is 0.458. The third-order valence-corrected chi connectivity index (χ3v) is 4.83. The van der Waals surface area contributed by atoms with Gasteiger partial charge in [-0.1, -0.05) is 29.8 Å². The van der Waals surface area contributed by atoms with Gasteiger partial charge in [0.1, 0.15) is 12.4 Å². The number of hydrogen-bond donors (Lipinski definition) is 0. The van der Waals surface area contributed by atoms with Crippen molar-refractivity contribution in [3.63, 3.8) is 0 Å². The van der Waals surface area contributed by atoms with E-state index >= 15 is 0 Å². The minimum absolute atomic E-state index is 0.239. The standard InChI is InChI=1S/C23H22ClNO6/c1-25(13-18-7-5-11-29-18)22(26)15-31-23(27)16-9-10-20(21(12-16)28-2)30-14-17-6-3-4-8-19(17)24/h3-12H,13-15H2,1-2H3. The number of nitrogens with zero attached hydrogens (tertiary/aromatic N) is 1. The molecule has 0 saturated heterocycles. The molecule has 31 heavy (non-hydrogen) atoms. The molecule has 162 valence electrons. The number of hydrogen-bond acceptors (Lipinski definition) is 6. The summed E-state index contributed by atoms with van der Waals surface area (Å²) in [6, 6.07) is 15.5. The molecule has 8 heteroatoms. The van der Waals surface area contributed by atoms with Crippen LogP contribution in [0.4, 0.5) is 0 Å². The van der Waals surface area contributed by atoms with Crippen molar-refractivity contribution in [2.75, 3.05) is 20.8 Å². The summed E-state index contributed by atoms with van der Waals surface area (Å²) in [7, 11) is 3.08. The van der Waals surface area contributed by atoms with Crippen molar-refractivity contribution < 1.29 is 28.2 Å². The van der Waals surface area contributed by atoms with E-state index in [1.54, 1.807) is 37.4 Å². The average molecular weight is 444 g/mol. The Balaban J connectivity index is 1.57. The second-order valence-electron chi connectivity index (χ2n) is 6.65. The molecule has 3 rings (SSSR count). The molecule has 1 aromatic heterocycles. The van der Waals surface area contributed by atoms with Gasteiger partial charge in [0.05, 0.1) is 25.5 Å². The van der Waals surface area contributed by atoms with Crippen molar-refractivity contribution in [3.05, 3.63) is 82.8 Å². The Hall–Kier alpha value is -3.45. The van der Waals surface area contributed by atoms with E-state index in [1.165, 1.54) is 24.3 Å². The Morgan fingerprint density at radius 3 is 2.58 bits per heavy atom. The van der Waals surface area contributed by atoms with Crippen LogP contribution in [-0.2, 0) is 22.7 Å². The van der Waals surface area contributed by atoms with Gasteiger partial charge in [0, 0.05) is 17.6 Å². The van der Waals surface area contributed by atoms with Gasteiger partial charge in [0.15, 0.2) is 18.1 Å². The fraction of sp³-hybridized carbons (Fsp3) is 0.217. The van der Waals surface area contributed by atoms with Crippen LogP contribution in [0.2, 0.25) is 5.02 Å². The summed E-state index contributed by atoms with van der Waals surface area (Å²) in [5.41, 5.74) is 1.07. The van der Waals surface area contributed by atoms with Gasteiger partial charge in [-0.15, -0.1) is 0 Å². The third kappa shape index (κ3) is 6.02. The van der Waals surface area contributed by atoms with E-state index in [2.05, 4.69) is 0 Å². The molecule has 0 bridgehead atoms. The molecule has 3 aromatic rings. The predicted molar refractivity (Wildman–Crippen MR) is 114 cm³/mol. The molecule has 2 aromatic carbocycles. The number of carbonyl (C=O) groups is 2. The maximum atomic E-state index is 12.4. The van der Waals surface area contributed by atoms with Gasteiger partial charge in [-0.05, 0) is 36.4 Å². The van der Waals surface area contributed by atoms with E-state index in [0.29, 0.717) is 22.3 Å². The Labute approximate surface area is 185 Å². The molecule has 0 fully saturated rings. The number of carbonyl (C=O) groups excluding carboxylic acids is 2. The zero-order chi connectivity index (χ0) is 22.2. The molecule has 0 unspecified atom stereocenters. The topological polar surface area (TPSA) is 78.2 Å². The zero-order valence-corrected chi connectivity index (χ0v) is 17.9. The number of amides is 1. The van der Waals surface area contributed by atoms with E-state index in [-0.39, 0.29) is 31.2 Å². The summed E-state index contributed by atoms with van der Waals surface area (Å²) in [5, 5.41) is 0.600. The predicted octanol–water partition coefficient (Wildman–Crippen LogP) is 4.34. The molecule has 0 N–H and O–H groups in total. The van der Waals surface area contributed by atoms with E-state index in [1.807, 2.05) is 18.2 Å². The molecule has 0 saturated carbocycles. The van der Waals surface area contributed by atoms with Gasteiger partial charge in [0.25, 0.3) is 5.91 Å². The first kappa shape index (κ1) is 22.2. The highest BCUT2D eigenvalue weighted by molar-refractivity contribution is 6.31. The fourth-order valence-electron chi connectivity index (χ4n) is 2.73. The first-order valence-corrected chi connectivity index (χ1v) is 9.83. The molecule has 0 aliphatic heterocycles. The number of methoxy groups -OCH3 is 1. The lowest BCUT2D eigenvalue weighted by atomic mass is 10.2. The molecular weight excluding hydrogens is 422 g/mol. The molecule has 0 aliphatic carbocycles. The number of rotatable bonds is 9. The molecule has 1 amide bonds. The maximum absolute atomic E-state index is 12.4. The van der Waals surface area contributed by atoms with Crippen LogP contribution < -0.4 is 9.47 Å². The van der Waals surface area contributed by atoms with Gasteiger partial charge < -0.3 is 23.5 Å². The highest BCUT2D eigenvalue weighted by Crippen LogP contribution is 2.30. The van der Waals surface area contributed by atoms with Crippen molar-refractivity contribution >= 4 is 23.5 Å². The van der Waals surface area contributed by atoms with Crippen LogP contribution >= 0.6 is 11.6 Å². The van der Waals surface area contributed by atoms with Crippen LogP contribution in [0.5, 0.6) is 11.5 Å². The van der Waals surface area contributed by atoms with Gasteiger partial charge in [-0.25, -0.2) is 4.79 Å². The SMILES string of the molecule is COc1cc(C(=O)OCC(=O)N(C)Cc2ccco2)ccc1OCc1ccccc1Cl. The molecular formula is C23H22ClNO6. The zero-order valence-electron chi connectivity index (χ0n) is 17.2. The van der Waals surface area contributed by atoms with Crippen molar-refractivity contribution in [1.82, 2.24) is 4.90 Å². The van der Waals surface area contributed by atoms with Crippen molar-refractivity contribution in [3.8, 4) is 11.5 Å². The normalized spacial score (nSPS) is 10.4.